The lowest BCUT2D eigenvalue weighted by Crippen LogP contribution is -2.39. The predicted molar refractivity (Wildman–Crippen MR) is 87.2 cm³/mol. The highest BCUT2D eigenvalue weighted by atomic mass is 32.2. The zero-order valence-electron chi connectivity index (χ0n) is 12.5. The molecule has 1 aliphatic heterocycles. The molecule has 1 heterocycles. The molecule has 1 N–H and O–H groups in total. The van der Waals surface area contributed by atoms with Crippen LogP contribution in [0.3, 0.4) is 0 Å². The van der Waals surface area contributed by atoms with Gasteiger partial charge in [0.1, 0.15) is 0 Å². The zero-order valence-corrected chi connectivity index (χ0v) is 13.4. The van der Waals surface area contributed by atoms with Crippen LogP contribution in [0.15, 0.2) is 18.2 Å². The minimum absolute atomic E-state index is 0.648. The Morgan fingerprint density at radius 1 is 1.32 bits per heavy atom. The van der Waals surface area contributed by atoms with Gasteiger partial charge in [0.05, 0.1) is 0 Å². The number of thioether (sulfide) groups is 1. The van der Waals surface area contributed by atoms with Gasteiger partial charge in [-0.1, -0.05) is 25.1 Å². The van der Waals surface area contributed by atoms with E-state index in [4.69, 9.17) is 0 Å². The third-order valence-corrected chi connectivity index (χ3v) is 5.61. The van der Waals surface area contributed by atoms with Crippen LogP contribution in [0.2, 0.25) is 0 Å². The lowest BCUT2D eigenvalue weighted by molar-refractivity contribution is 0.482. The summed E-state index contributed by atoms with van der Waals surface area (Å²) in [5, 5.41) is 4.59. The van der Waals surface area contributed by atoms with Crippen molar-refractivity contribution in [3.63, 3.8) is 0 Å². The summed E-state index contributed by atoms with van der Waals surface area (Å²) in [6.07, 6.45) is 5.18. The molecule has 1 saturated heterocycles. The molecule has 19 heavy (non-hydrogen) atoms. The lowest BCUT2D eigenvalue weighted by atomic mass is 9.97. The first-order valence-electron chi connectivity index (χ1n) is 7.62. The number of nitrogens with one attached hydrogen (secondary N) is 1. The van der Waals surface area contributed by atoms with Gasteiger partial charge in [0.2, 0.25) is 0 Å². The standard InChI is InChI=1S/C17H27NS/c1-4-9-18-16(17-6-5-10-19-17)12-15-8-7-13(2)14(3)11-15/h7-8,11,16-18H,4-6,9-10,12H2,1-3H3. The van der Waals surface area contributed by atoms with Gasteiger partial charge < -0.3 is 5.32 Å². The van der Waals surface area contributed by atoms with Gasteiger partial charge in [-0.15, -0.1) is 0 Å². The lowest BCUT2D eigenvalue weighted by Gasteiger charge is -2.24. The SMILES string of the molecule is CCCNC(Cc1ccc(C)c(C)c1)C1CCCS1. The molecule has 1 aromatic rings. The summed E-state index contributed by atoms with van der Waals surface area (Å²) in [5.41, 5.74) is 4.31. The van der Waals surface area contributed by atoms with Gasteiger partial charge in [-0.05, 0) is 68.5 Å². The molecule has 1 aromatic carbocycles. The number of benzene rings is 1. The van der Waals surface area contributed by atoms with Crippen LogP contribution >= 0.6 is 11.8 Å². The first-order valence-corrected chi connectivity index (χ1v) is 8.66. The maximum atomic E-state index is 3.77. The summed E-state index contributed by atoms with van der Waals surface area (Å²) in [4.78, 5) is 0. The highest BCUT2D eigenvalue weighted by molar-refractivity contribution is 8.00. The molecular weight excluding hydrogens is 250 g/mol. The molecule has 1 aliphatic rings. The normalized spacial score (nSPS) is 20.7. The van der Waals surface area contributed by atoms with Crippen molar-refractivity contribution in [2.24, 2.45) is 0 Å². The Morgan fingerprint density at radius 3 is 2.79 bits per heavy atom. The maximum absolute atomic E-state index is 3.77. The van der Waals surface area contributed by atoms with E-state index < -0.39 is 0 Å². The zero-order chi connectivity index (χ0) is 13.7. The monoisotopic (exact) mass is 277 g/mol. The quantitative estimate of drug-likeness (QED) is 0.840. The van der Waals surface area contributed by atoms with E-state index in [1.165, 1.54) is 48.1 Å². The smallest absolute Gasteiger partial charge is 0.0226 e. The highest BCUT2D eigenvalue weighted by Crippen LogP contribution is 2.30. The fraction of sp³-hybridized carbons (Fsp3) is 0.647. The fourth-order valence-corrected chi connectivity index (χ4v) is 4.16. The van der Waals surface area contributed by atoms with Crippen molar-refractivity contribution in [3.05, 3.63) is 34.9 Å². The third kappa shape index (κ3) is 4.25. The molecule has 0 saturated carbocycles. The van der Waals surface area contributed by atoms with Gasteiger partial charge in [0, 0.05) is 11.3 Å². The van der Waals surface area contributed by atoms with Gasteiger partial charge in [0.15, 0.2) is 0 Å². The molecule has 2 rings (SSSR count). The van der Waals surface area contributed by atoms with Crippen molar-refractivity contribution >= 4 is 11.8 Å². The molecule has 2 heteroatoms. The van der Waals surface area contributed by atoms with E-state index in [1.807, 2.05) is 0 Å². The Hall–Kier alpha value is -0.470. The number of hydrogen-bond donors (Lipinski definition) is 1. The van der Waals surface area contributed by atoms with Crippen LogP contribution in [0, 0.1) is 13.8 Å². The van der Waals surface area contributed by atoms with E-state index in [-0.39, 0.29) is 0 Å². The Morgan fingerprint density at radius 2 is 2.16 bits per heavy atom. The minimum Gasteiger partial charge on any atom is -0.313 e. The van der Waals surface area contributed by atoms with Crippen LogP contribution in [-0.4, -0.2) is 23.6 Å². The van der Waals surface area contributed by atoms with Crippen molar-refractivity contribution in [1.29, 1.82) is 0 Å². The predicted octanol–water partition coefficient (Wildman–Crippen LogP) is 4.11. The molecule has 0 spiro atoms. The summed E-state index contributed by atoms with van der Waals surface area (Å²) in [6.45, 7) is 7.81. The summed E-state index contributed by atoms with van der Waals surface area (Å²) in [7, 11) is 0. The second kappa shape index (κ2) is 7.35. The van der Waals surface area contributed by atoms with Crippen molar-refractivity contribution in [2.45, 2.75) is 57.7 Å². The molecule has 0 aromatic heterocycles. The van der Waals surface area contributed by atoms with E-state index in [9.17, 15) is 0 Å². The van der Waals surface area contributed by atoms with E-state index in [2.05, 4.69) is 56.0 Å². The molecule has 0 amide bonds. The minimum atomic E-state index is 0.648. The molecule has 0 radical (unpaired) electrons. The van der Waals surface area contributed by atoms with Crippen molar-refractivity contribution in [2.75, 3.05) is 12.3 Å². The second-order valence-corrected chi connectivity index (χ2v) is 7.08. The number of aryl methyl sites for hydroxylation is 2. The summed E-state index contributed by atoms with van der Waals surface area (Å²) < 4.78 is 0. The topological polar surface area (TPSA) is 12.0 Å². The second-order valence-electron chi connectivity index (χ2n) is 5.73. The van der Waals surface area contributed by atoms with Gasteiger partial charge in [-0.2, -0.15) is 11.8 Å². The molecule has 1 fully saturated rings. The average molecular weight is 277 g/mol. The first kappa shape index (κ1) is 14.9. The fourth-order valence-electron chi connectivity index (χ4n) is 2.77. The van der Waals surface area contributed by atoms with E-state index in [0.717, 1.165) is 11.8 Å². The van der Waals surface area contributed by atoms with Crippen LogP contribution in [0.25, 0.3) is 0 Å². The van der Waals surface area contributed by atoms with E-state index in [1.54, 1.807) is 0 Å². The van der Waals surface area contributed by atoms with Crippen LogP contribution in [0.5, 0.6) is 0 Å². The van der Waals surface area contributed by atoms with E-state index >= 15 is 0 Å². The first-order chi connectivity index (χ1) is 9.20. The van der Waals surface area contributed by atoms with Crippen LogP contribution < -0.4 is 5.32 Å². The Labute approximate surface area is 122 Å². The van der Waals surface area contributed by atoms with Crippen molar-refractivity contribution in [1.82, 2.24) is 5.32 Å². The summed E-state index contributed by atoms with van der Waals surface area (Å²) >= 11 is 2.17. The number of hydrogen-bond acceptors (Lipinski definition) is 2. The summed E-state index contributed by atoms with van der Waals surface area (Å²) in [5.74, 6) is 1.35. The van der Waals surface area contributed by atoms with Gasteiger partial charge in [0.25, 0.3) is 0 Å². The third-order valence-electron chi connectivity index (χ3n) is 4.10. The largest absolute Gasteiger partial charge is 0.313 e. The Kier molecular flexibility index (Phi) is 5.77. The molecule has 0 aliphatic carbocycles. The maximum Gasteiger partial charge on any atom is 0.0226 e. The van der Waals surface area contributed by atoms with Gasteiger partial charge in [-0.25, -0.2) is 0 Å². The van der Waals surface area contributed by atoms with Crippen LogP contribution in [0.4, 0.5) is 0 Å². The van der Waals surface area contributed by atoms with Gasteiger partial charge in [-0.3, -0.25) is 0 Å². The number of rotatable bonds is 6. The molecular formula is C17H27NS. The van der Waals surface area contributed by atoms with Gasteiger partial charge >= 0.3 is 0 Å². The molecule has 106 valence electrons. The molecule has 2 atom stereocenters. The van der Waals surface area contributed by atoms with E-state index in [0.29, 0.717) is 6.04 Å². The molecule has 1 nitrogen and oxygen atoms in total. The highest BCUT2D eigenvalue weighted by Gasteiger charge is 2.25. The Balaban J connectivity index is 2.03. The van der Waals surface area contributed by atoms with Crippen LogP contribution in [-0.2, 0) is 6.42 Å². The van der Waals surface area contributed by atoms with Crippen molar-refractivity contribution in [3.8, 4) is 0 Å². The summed E-state index contributed by atoms with van der Waals surface area (Å²) in [6, 6.07) is 7.59. The van der Waals surface area contributed by atoms with Crippen LogP contribution in [0.1, 0.15) is 42.9 Å². The average Bonchev–Trinajstić information content (AvgIpc) is 2.92. The molecule has 2 unspecified atom stereocenters. The Bertz CT molecular complexity index is 396. The molecule has 0 bridgehead atoms. The van der Waals surface area contributed by atoms with Crippen molar-refractivity contribution < 1.29 is 0 Å².